The average molecular weight is 244 g/mol. The quantitative estimate of drug-likeness (QED) is 0.801. The van der Waals surface area contributed by atoms with E-state index in [0.717, 1.165) is 11.6 Å². The van der Waals surface area contributed by atoms with Gasteiger partial charge in [0.05, 0.1) is 10.7 Å². The van der Waals surface area contributed by atoms with Crippen LogP contribution in [0.2, 0.25) is 10.0 Å². The van der Waals surface area contributed by atoms with Gasteiger partial charge in [0.15, 0.2) is 0 Å². The van der Waals surface area contributed by atoms with Crippen LogP contribution < -0.4 is 5.32 Å². The Hall–Kier alpha value is -0.400. The molecule has 1 aliphatic carbocycles. The summed E-state index contributed by atoms with van der Waals surface area (Å²) < 4.78 is 0. The molecule has 3 heteroatoms. The number of rotatable bonds is 2. The van der Waals surface area contributed by atoms with E-state index in [2.05, 4.69) is 12.2 Å². The van der Waals surface area contributed by atoms with Gasteiger partial charge in [-0.15, -0.1) is 0 Å². The van der Waals surface area contributed by atoms with Crippen LogP contribution in [0.1, 0.15) is 26.2 Å². The van der Waals surface area contributed by atoms with E-state index < -0.39 is 0 Å². The zero-order valence-electron chi connectivity index (χ0n) is 8.76. The predicted octanol–water partition coefficient (Wildman–Crippen LogP) is 4.59. The van der Waals surface area contributed by atoms with Gasteiger partial charge < -0.3 is 5.32 Å². The van der Waals surface area contributed by atoms with Gasteiger partial charge in [0, 0.05) is 11.1 Å². The third-order valence-corrected chi connectivity index (χ3v) is 3.68. The summed E-state index contributed by atoms with van der Waals surface area (Å²) in [5.41, 5.74) is 1.000. The summed E-state index contributed by atoms with van der Waals surface area (Å²) in [5, 5.41) is 4.89. The fourth-order valence-electron chi connectivity index (χ4n) is 2.17. The molecule has 2 unspecified atom stereocenters. The molecule has 1 aromatic rings. The van der Waals surface area contributed by atoms with Crippen LogP contribution in [0, 0.1) is 5.92 Å². The van der Waals surface area contributed by atoms with Crippen molar-refractivity contribution in [2.24, 2.45) is 5.92 Å². The van der Waals surface area contributed by atoms with E-state index in [4.69, 9.17) is 23.2 Å². The van der Waals surface area contributed by atoms with Crippen molar-refractivity contribution in [3.05, 3.63) is 28.2 Å². The van der Waals surface area contributed by atoms with Gasteiger partial charge in [-0.1, -0.05) is 36.5 Å². The summed E-state index contributed by atoms with van der Waals surface area (Å²) >= 11 is 12.0. The van der Waals surface area contributed by atoms with Crippen molar-refractivity contribution >= 4 is 28.9 Å². The summed E-state index contributed by atoms with van der Waals surface area (Å²) in [6, 6.07) is 6.17. The minimum atomic E-state index is 0.559. The highest BCUT2D eigenvalue weighted by atomic mass is 35.5. The maximum atomic E-state index is 6.11. The normalized spacial score (nSPS) is 25.5. The second-order valence-corrected chi connectivity index (χ2v) is 5.13. The first-order valence-electron chi connectivity index (χ1n) is 5.38. The monoisotopic (exact) mass is 243 g/mol. The lowest BCUT2D eigenvalue weighted by molar-refractivity contribution is 0.556. The van der Waals surface area contributed by atoms with Crippen LogP contribution >= 0.6 is 23.2 Å². The maximum Gasteiger partial charge on any atom is 0.0652 e. The van der Waals surface area contributed by atoms with Crippen molar-refractivity contribution < 1.29 is 0 Å². The Morgan fingerprint density at radius 1 is 1.27 bits per heavy atom. The topological polar surface area (TPSA) is 12.0 Å². The van der Waals surface area contributed by atoms with Crippen molar-refractivity contribution in [1.29, 1.82) is 0 Å². The van der Waals surface area contributed by atoms with Crippen molar-refractivity contribution in [3.63, 3.8) is 0 Å². The fourth-order valence-corrected chi connectivity index (χ4v) is 2.63. The minimum Gasteiger partial charge on any atom is -0.381 e. The molecule has 82 valence electrons. The van der Waals surface area contributed by atoms with E-state index in [1.165, 1.54) is 19.3 Å². The Labute approximate surface area is 101 Å². The Morgan fingerprint density at radius 3 is 2.67 bits per heavy atom. The summed E-state index contributed by atoms with van der Waals surface area (Å²) in [7, 11) is 0. The molecule has 0 aliphatic heterocycles. The molecular weight excluding hydrogens is 229 g/mol. The molecule has 1 fully saturated rings. The number of hydrogen-bond acceptors (Lipinski definition) is 1. The molecule has 2 rings (SSSR count). The number of nitrogens with one attached hydrogen (secondary N) is 1. The molecule has 1 nitrogen and oxygen atoms in total. The molecule has 1 aromatic carbocycles. The maximum absolute atomic E-state index is 6.11. The molecule has 0 aromatic heterocycles. The zero-order chi connectivity index (χ0) is 10.8. The van der Waals surface area contributed by atoms with E-state index in [0.29, 0.717) is 16.1 Å². The molecule has 0 radical (unpaired) electrons. The number of hydrogen-bond donors (Lipinski definition) is 1. The number of halogens is 2. The van der Waals surface area contributed by atoms with E-state index in [1.807, 2.05) is 12.1 Å². The first-order chi connectivity index (χ1) is 7.16. The largest absolute Gasteiger partial charge is 0.381 e. The van der Waals surface area contributed by atoms with E-state index in [-0.39, 0.29) is 0 Å². The van der Waals surface area contributed by atoms with Crippen molar-refractivity contribution in [2.75, 3.05) is 5.32 Å². The SMILES string of the molecule is CC1CCCC1Nc1ccc(Cl)cc1Cl. The van der Waals surface area contributed by atoms with Crippen LogP contribution in [0.3, 0.4) is 0 Å². The Kier molecular flexibility index (Phi) is 3.42. The van der Waals surface area contributed by atoms with Crippen LogP contribution in [0.4, 0.5) is 5.69 Å². The summed E-state index contributed by atoms with van der Waals surface area (Å²) in [5.74, 6) is 0.733. The number of anilines is 1. The standard InChI is InChI=1S/C12H15Cl2N/c1-8-3-2-4-11(8)15-12-6-5-9(13)7-10(12)14/h5-8,11,15H,2-4H2,1H3. The summed E-state index contributed by atoms with van der Waals surface area (Å²) in [4.78, 5) is 0. The predicted molar refractivity (Wildman–Crippen MR) is 66.9 cm³/mol. The third-order valence-electron chi connectivity index (χ3n) is 3.13. The van der Waals surface area contributed by atoms with Crippen LogP contribution in [-0.2, 0) is 0 Å². The first-order valence-corrected chi connectivity index (χ1v) is 6.14. The molecule has 1 N–H and O–H groups in total. The average Bonchev–Trinajstić information content (AvgIpc) is 2.57. The first kappa shape index (κ1) is 11.1. The van der Waals surface area contributed by atoms with Gasteiger partial charge in [-0.2, -0.15) is 0 Å². The van der Waals surface area contributed by atoms with Gasteiger partial charge in [0.2, 0.25) is 0 Å². The molecule has 0 saturated heterocycles. The highest BCUT2D eigenvalue weighted by molar-refractivity contribution is 6.36. The van der Waals surface area contributed by atoms with Crippen molar-refractivity contribution in [1.82, 2.24) is 0 Å². The van der Waals surface area contributed by atoms with Crippen LogP contribution in [0.15, 0.2) is 18.2 Å². The fraction of sp³-hybridized carbons (Fsp3) is 0.500. The Bertz CT molecular complexity index is 351. The van der Waals surface area contributed by atoms with Gasteiger partial charge in [0.1, 0.15) is 0 Å². The Balaban J connectivity index is 2.10. The van der Waals surface area contributed by atoms with Crippen LogP contribution in [0.25, 0.3) is 0 Å². The van der Waals surface area contributed by atoms with Crippen LogP contribution in [-0.4, -0.2) is 6.04 Å². The second-order valence-electron chi connectivity index (χ2n) is 4.28. The number of benzene rings is 1. The molecule has 1 aliphatic rings. The minimum absolute atomic E-state index is 0.559. The third kappa shape index (κ3) is 2.59. The smallest absolute Gasteiger partial charge is 0.0652 e. The molecule has 1 saturated carbocycles. The lowest BCUT2D eigenvalue weighted by Gasteiger charge is -2.19. The summed E-state index contributed by atoms with van der Waals surface area (Å²) in [6.07, 6.45) is 3.85. The molecule has 15 heavy (non-hydrogen) atoms. The van der Waals surface area contributed by atoms with E-state index >= 15 is 0 Å². The van der Waals surface area contributed by atoms with Gasteiger partial charge in [-0.3, -0.25) is 0 Å². The van der Waals surface area contributed by atoms with Gasteiger partial charge in [-0.25, -0.2) is 0 Å². The highest BCUT2D eigenvalue weighted by Gasteiger charge is 2.23. The lowest BCUT2D eigenvalue weighted by Crippen LogP contribution is -2.21. The lowest BCUT2D eigenvalue weighted by atomic mass is 10.1. The molecular formula is C12H15Cl2N. The Morgan fingerprint density at radius 2 is 2.07 bits per heavy atom. The highest BCUT2D eigenvalue weighted by Crippen LogP contribution is 2.31. The summed E-state index contributed by atoms with van der Waals surface area (Å²) in [6.45, 7) is 2.29. The van der Waals surface area contributed by atoms with Gasteiger partial charge in [0.25, 0.3) is 0 Å². The van der Waals surface area contributed by atoms with E-state index in [9.17, 15) is 0 Å². The molecule has 0 amide bonds. The van der Waals surface area contributed by atoms with Crippen LogP contribution in [0.5, 0.6) is 0 Å². The second kappa shape index (κ2) is 4.63. The molecule has 0 heterocycles. The van der Waals surface area contributed by atoms with Crippen molar-refractivity contribution in [2.45, 2.75) is 32.2 Å². The zero-order valence-corrected chi connectivity index (χ0v) is 10.3. The molecule has 0 bridgehead atoms. The molecule has 0 spiro atoms. The van der Waals surface area contributed by atoms with E-state index in [1.54, 1.807) is 6.07 Å². The van der Waals surface area contributed by atoms with Gasteiger partial charge >= 0.3 is 0 Å². The van der Waals surface area contributed by atoms with Gasteiger partial charge in [-0.05, 0) is 37.0 Å². The van der Waals surface area contributed by atoms with Crippen molar-refractivity contribution in [3.8, 4) is 0 Å². The molecule has 2 atom stereocenters.